The maximum absolute atomic E-state index is 15.2. The Morgan fingerprint density at radius 2 is 1.88 bits per heavy atom. The number of hydrogen-bond donors (Lipinski definition) is 3. The number of aromatic amines is 1. The van der Waals surface area contributed by atoms with Crippen LogP contribution in [0, 0.1) is 11.7 Å². The molecule has 1 amide bonds. The zero-order valence-electron chi connectivity index (χ0n) is 18.8. The first-order valence-electron chi connectivity index (χ1n) is 10.5. The smallest absolute Gasteiger partial charge is 0.266 e. The van der Waals surface area contributed by atoms with E-state index < -0.39 is 39.3 Å². The molecule has 1 aromatic heterocycles. The van der Waals surface area contributed by atoms with Crippen LogP contribution in [0.2, 0.25) is 15.1 Å². The van der Waals surface area contributed by atoms with Gasteiger partial charge in [-0.15, -0.1) is 4.72 Å². The number of phenols is 1. The van der Waals surface area contributed by atoms with Gasteiger partial charge in [0.1, 0.15) is 15.5 Å². The Morgan fingerprint density at radius 3 is 2.44 bits per heavy atom. The number of aromatic nitrogens is 1. The number of halogens is 4. The number of benzene rings is 1. The predicted octanol–water partition coefficient (Wildman–Crippen LogP) is 4.83. The van der Waals surface area contributed by atoms with Crippen LogP contribution in [0.25, 0.3) is 0 Å². The first-order valence-corrected chi connectivity index (χ1v) is 12.8. The highest BCUT2D eigenvalue weighted by molar-refractivity contribution is 7.90. The van der Waals surface area contributed by atoms with E-state index in [-0.39, 0.29) is 38.0 Å². The summed E-state index contributed by atoms with van der Waals surface area (Å²) in [6.45, 7) is 5.97. The van der Waals surface area contributed by atoms with Crippen molar-refractivity contribution in [2.45, 2.75) is 44.4 Å². The van der Waals surface area contributed by atoms with Crippen LogP contribution >= 0.6 is 34.8 Å². The molecule has 1 fully saturated rings. The number of nitrogens with one attached hydrogen (secondary N) is 2. The molecule has 186 valence electrons. The third-order valence-electron chi connectivity index (χ3n) is 5.68. The summed E-state index contributed by atoms with van der Waals surface area (Å²) in [7, 11) is 0. The molecule has 1 aliphatic heterocycles. The Hall–Kier alpha value is -1.49. The molecule has 2 atom stereocenters. The number of rotatable bonds is 5. The molecule has 34 heavy (non-hydrogen) atoms. The summed E-state index contributed by atoms with van der Waals surface area (Å²) in [6, 6.07) is 1.64. The topological polar surface area (TPSA) is 108 Å². The lowest BCUT2D eigenvalue weighted by Crippen LogP contribution is -2.46. The van der Waals surface area contributed by atoms with Crippen molar-refractivity contribution in [3.05, 3.63) is 60.7 Å². The van der Waals surface area contributed by atoms with Crippen molar-refractivity contribution < 1.29 is 18.8 Å². The SMILES string of the molecule is CC(C)(C)[S+]([O-])NC(c1c(O)cc(Cl)c(Cl)c1F)C1CCN(C(=O)c2c[nH]c(=O)c(Cl)c2)CC1. The Morgan fingerprint density at radius 1 is 1.26 bits per heavy atom. The summed E-state index contributed by atoms with van der Waals surface area (Å²) < 4.78 is 30.4. The zero-order valence-corrected chi connectivity index (χ0v) is 21.8. The summed E-state index contributed by atoms with van der Waals surface area (Å²) in [5.41, 5.74) is -0.343. The fourth-order valence-corrected chi connectivity index (χ4v) is 5.18. The van der Waals surface area contributed by atoms with E-state index in [1.807, 2.05) is 0 Å². The normalized spacial score (nSPS) is 17.0. The van der Waals surface area contributed by atoms with Gasteiger partial charge in [0, 0.05) is 36.7 Å². The second-order valence-electron chi connectivity index (χ2n) is 9.09. The largest absolute Gasteiger partial charge is 0.598 e. The molecule has 3 rings (SSSR count). The highest BCUT2D eigenvalue weighted by Gasteiger charge is 2.39. The Balaban J connectivity index is 1.86. The number of piperidine rings is 1. The van der Waals surface area contributed by atoms with Gasteiger partial charge in [0.25, 0.3) is 11.5 Å². The Kier molecular flexibility index (Phi) is 8.48. The van der Waals surface area contributed by atoms with Gasteiger partial charge in [-0.1, -0.05) is 34.8 Å². The van der Waals surface area contributed by atoms with Crippen molar-refractivity contribution in [1.29, 1.82) is 0 Å². The number of hydrogen-bond acceptors (Lipinski definition) is 5. The van der Waals surface area contributed by atoms with Gasteiger partial charge in [0.15, 0.2) is 5.82 Å². The van der Waals surface area contributed by atoms with Crippen molar-refractivity contribution >= 4 is 52.1 Å². The molecule has 2 aromatic rings. The lowest BCUT2D eigenvalue weighted by atomic mass is 9.85. The molecular formula is C22H25Cl3FN3O4S. The summed E-state index contributed by atoms with van der Waals surface area (Å²) in [6.07, 6.45) is 2.17. The van der Waals surface area contributed by atoms with Crippen LogP contribution in [-0.2, 0) is 11.4 Å². The summed E-state index contributed by atoms with van der Waals surface area (Å²) in [5, 5.41) is 9.98. The van der Waals surface area contributed by atoms with Crippen molar-refractivity contribution in [1.82, 2.24) is 14.6 Å². The number of carbonyl (C=O) groups is 1. The van der Waals surface area contributed by atoms with Gasteiger partial charge < -0.3 is 19.5 Å². The van der Waals surface area contributed by atoms with E-state index in [2.05, 4.69) is 9.71 Å². The molecular weight excluding hydrogens is 528 g/mol. The molecule has 1 aromatic carbocycles. The second kappa shape index (κ2) is 10.6. The highest BCUT2D eigenvalue weighted by atomic mass is 35.5. The second-order valence-corrected chi connectivity index (χ2v) is 12.3. The van der Waals surface area contributed by atoms with Gasteiger partial charge in [-0.3, -0.25) is 9.59 Å². The van der Waals surface area contributed by atoms with E-state index in [1.165, 1.54) is 12.3 Å². The third-order valence-corrected chi connectivity index (χ3v) is 8.31. The molecule has 0 saturated carbocycles. The highest BCUT2D eigenvalue weighted by Crippen LogP contribution is 2.42. The standard InChI is InChI=1S/C22H25Cl3FN3O4S/c1-22(2,3)34(33)28-19(16-15(30)9-13(23)17(25)18(16)26)11-4-6-29(7-5-11)21(32)12-8-14(24)20(31)27-10-12/h8-11,19,28,30H,4-7H2,1-3H3,(H,27,31). The number of aromatic hydroxyl groups is 1. The van der Waals surface area contributed by atoms with Crippen molar-refractivity contribution in [3.63, 3.8) is 0 Å². The third kappa shape index (κ3) is 5.83. The van der Waals surface area contributed by atoms with Crippen LogP contribution in [0.5, 0.6) is 5.75 Å². The molecule has 0 aliphatic carbocycles. The number of pyridine rings is 1. The molecule has 0 spiro atoms. The van der Waals surface area contributed by atoms with E-state index in [0.717, 1.165) is 6.07 Å². The minimum absolute atomic E-state index is 0.0831. The van der Waals surface area contributed by atoms with Crippen LogP contribution in [0.1, 0.15) is 55.6 Å². The quantitative estimate of drug-likeness (QED) is 0.364. The molecule has 1 saturated heterocycles. The lowest BCUT2D eigenvalue weighted by Gasteiger charge is -2.38. The summed E-state index contributed by atoms with van der Waals surface area (Å²) in [4.78, 5) is 28.4. The number of likely N-dealkylation sites (tertiary alicyclic amines) is 1. The fraction of sp³-hybridized carbons (Fsp3) is 0.455. The van der Waals surface area contributed by atoms with Gasteiger partial charge in [-0.2, -0.15) is 0 Å². The molecule has 2 unspecified atom stereocenters. The van der Waals surface area contributed by atoms with Crippen LogP contribution in [-0.4, -0.2) is 43.3 Å². The van der Waals surface area contributed by atoms with Gasteiger partial charge in [0.05, 0.1) is 27.2 Å². The summed E-state index contributed by atoms with van der Waals surface area (Å²) in [5.74, 6) is -1.84. The Labute approximate surface area is 214 Å². The molecule has 0 bridgehead atoms. The molecule has 7 nitrogen and oxygen atoms in total. The van der Waals surface area contributed by atoms with E-state index in [9.17, 15) is 19.2 Å². The minimum Gasteiger partial charge on any atom is -0.598 e. The number of nitrogens with zero attached hydrogens (tertiary/aromatic N) is 1. The van der Waals surface area contributed by atoms with E-state index in [4.69, 9.17) is 34.8 Å². The average molecular weight is 553 g/mol. The number of phenolic OH excluding ortho intramolecular Hbond substituents is 1. The molecule has 12 heteroatoms. The van der Waals surface area contributed by atoms with Crippen molar-refractivity contribution in [2.24, 2.45) is 5.92 Å². The lowest BCUT2D eigenvalue weighted by molar-refractivity contribution is 0.0672. The zero-order chi connectivity index (χ0) is 25.4. The first kappa shape index (κ1) is 27.1. The molecule has 3 N–H and O–H groups in total. The maximum Gasteiger partial charge on any atom is 0.266 e. The van der Waals surface area contributed by atoms with Crippen molar-refractivity contribution in [2.75, 3.05) is 13.1 Å². The van der Waals surface area contributed by atoms with Crippen LogP contribution in [0.15, 0.2) is 23.1 Å². The van der Waals surface area contributed by atoms with E-state index in [1.54, 1.807) is 25.7 Å². The van der Waals surface area contributed by atoms with Gasteiger partial charge in [-0.25, -0.2) is 4.39 Å². The average Bonchev–Trinajstić information content (AvgIpc) is 2.77. The fourth-order valence-electron chi connectivity index (χ4n) is 3.77. The molecule has 2 heterocycles. The number of amides is 1. The first-order chi connectivity index (χ1) is 15.8. The van der Waals surface area contributed by atoms with Crippen LogP contribution in [0.4, 0.5) is 4.39 Å². The van der Waals surface area contributed by atoms with Gasteiger partial charge >= 0.3 is 0 Å². The van der Waals surface area contributed by atoms with Crippen LogP contribution in [0.3, 0.4) is 0 Å². The predicted molar refractivity (Wildman–Crippen MR) is 133 cm³/mol. The number of H-pyrrole nitrogens is 1. The molecule has 1 aliphatic rings. The number of carbonyl (C=O) groups excluding carboxylic acids is 1. The van der Waals surface area contributed by atoms with E-state index in [0.29, 0.717) is 25.9 Å². The summed E-state index contributed by atoms with van der Waals surface area (Å²) >= 11 is 16.2. The Bertz CT molecular complexity index is 1130. The monoisotopic (exact) mass is 551 g/mol. The molecule has 0 radical (unpaired) electrons. The van der Waals surface area contributed by atoms with Gasteiger partial charge in [-0.05, 0) is 45.6 Å². The minimum atomic E-state index is -1.58. The maximum atomic E-state index is 15.2. The van der Waals surface area contributed by atoms with Crippen molar-refractivity contribution in [3.8, 4) is 5.75 Å². The van der Waals surface area contributed by atoms with Gasteiger partial charge in [0.2, 0.25) is 0 Å². The van der Waals surface area contributed by atoms with E-state index >= 15 is 4.39 Å². The van der Waals surface area contributed by atoms with Crippen LogP contribution < -0.4 is 10.3 Å².